The molecule has 0 saturated carbocycles. The van der Waals surface area contributed by atoms with E-state index in [4.69, 9.17) is 9.52 Å². The summed E-state index contributed by atoms with van der Waals surface area (Å²) in [5.74, 6) is -2.04. The first-order chi connectivity index (χ1) is 9.64. The summed E-state index contributed by atoms with van der Waals surface area (Å²) in [6.45, 7) is 3.89. The number of carbonyl (C=O) groups is 2. The molecule has 1 rings (SSSR count). The number of furan rings is 1. The molecule has 0 spiro atoms. The Morgan fingerprint density at radius 3 is 2.48 bits per heavy atom. The minimum Gasteiger partial charge on any atom is -0.475 e. The van der Waals surface area contributed by atoms with Gasteiger partial charge in [0, 0.05) is 13.6 Å². The van der Waals surface area contributed by atoms with E-state index in [0.717, 1.165) is 16.4 Å². The lowest BCUT2D eigenvalue weighted by atomic mass is 10.2. The third-order valence-corrected chi connectivity index (χ3v) is 4.21. The second-order valence-corrected chi connectivity index (χ2v) is 6.86. The number of carboxylic acid groups (broad SMARTS) is 1. The van der Waals surface area contributed by atoms with Crippen LogP contribution >= 0.6 is 0 Å². The zero-order valence-electron chi connectivity index (χ0n) is 12.0. The molecule has 118 valence electrons. The Labute approximate surface area is 122 Å². The van der Waals surface area contributed by atoms with Crippen molar-refractivity contribution in [2.45, 2.75) is 18.9 Å². The number of hydrogen-bond donors (Lipinski definition) is 2. The van der Waals surface area contributed by atoms with Gasteiger partial charge in [-0.2, -0.15) is 4.31 Å². The summed E-state index contributed by atoms with van der Waals surface area (Å²) in [7, 11) is -2.83. The average molecular weight is 318 g/mol. The first-order valence-electron chi connectivity index (χ1n) is 6.20. The van der Waals surface area contributed by atoms with Gasteiger partial charge in [0.15, 0.2) is 0 Å². The Balaban J connectivity index is 2.77. The lowest BCUT2D eigenvalue weighted by Gasteiger charge is -2.15. The molecule has 1 heterocycles. The van der Waals surface area contributed by atoms with Gasteiger partial charge in [-0.15, -0.1) is 0 Å². The van der Waals surface area contributed by atoms with Gasteiger partial charge in [-0.1, -0.05) is 13.8 Å². The molecule has 1 aromatic heterocycles. The topological polar surface area (TPSA) is 117 Å². The van der Waals surface area contributed by atoms with E-state index in [0.29, 0.717) is 6.54 Å². The molecule has 0 saturated heterocycles. The number of amides is 1. The monoisotopic (exact) mass is 318 g/mol. The summed E-state index contributed by atoms with van der Waals surface area (Å²) in [5, 5.41) is 10.8. The standard InChI is InChI=1S/C12H18N2O6S/c1-8(2)6-13-10(15)7-14(3)21(18,19)11-5-4-9(20-11)12(16)17/h4-5,8H,6-7H2,1-3H3,(H,13,15)(H,16,17). The fourth-order valence-corrected chi connectivity index (χ4v) is 2.42. The number of aromatic carboxylic acids is 1. The van der Waals surface area contributed by atoms with E-state index >= 15 is 0 Å². The first kappa shape index (κ1) is 17.2. The van der Waals surface area contributed by atoms with Crippen LogP contribution in [0.25, 0.3) is 0 Å². The summed E-state index contributed by atoms with van der Waals surface area (Å²) >= 11 is 0. The number of nitrogens with zero attached hydrogens (tertiary/aromatic N) is 1. The molecule has 0 aliphatic carbocycles. The van der Waals surface area contributed by atoms with Gasteiger partial charge in [0.1, 0.15) is 0 Å². The van der Waals surface area contributed by atoms with Crippen LogP contribution in [0.1, 0.15) is 24.4 Å². The smallest absolute Gasteiger partial charge is 0.371 e. The summed E-state index contributed by atoms with van der Waals surface area (Å²) in [4.78, 5) is 22.3. The van der Waals surface area contributed by atoms with Crippen LogP contribution in [-0.2, 0) is 14.8 Å². The molecule has 9 heteroatoms. The molecular formula is C12H18N2O6S. The van der Waals surface area contributed by atoms with Crippen molar-refractivity contribution in [1.82, 2.24) is 9.62 Å². The Morgan fingerprint density at radius 1 is 1.38 bits per heavy atom. The summed E-state index contributed by atoms with van der Waals surface area (Å²) in [5.41, 5.74) is 0. The molecule has 0 unspecified atom stereocenters. The van der Waals surface area contributed by atoms with E-state index < -0.39 is 32.8 Å². The fourth-order valence-electron chi connectivity index (χ4n) is 1.39. The van der Waals surface area contributed by atoms with Gasteiger partial charge in [0.05, 0.1) is 6.54 Å². The SMILES string of the molecule is CC(C)CNC(=O)CN(C)S(=O)(=O)c1ccc(C(=O)O)o1. The van der Waals surface area contributed by atoms with Crippen molar-refractivity contribution in [3.8, 4) is 0 Å². The summed E-state index contributed by atoms with van der Waals surface area (Å²) in [6.07, 6.45) is 0. The van der Waals surface area contributed by atoms with E-state index in [1.54, 1.807) is 0 Å². The molecule has 0 aliphatic rings. The number of likely N-dealkylation sites (N-methyl/N-ethyl adjacent to an activating group) is 1. The third kappa shape index (κ3) is 4.57. The second kappa shape index (κ2) is 6.72. The van der Waals surface area contributed by atoms with E-state index in [1.165, 1.54) is 7.05 Å². The molecule has 8 nitrogen and oxygen atoms in total. The van der Waals surface area contributed by atoms with Crippen LogP contribution in [0.15, 0.2) is 21.6 Å². The van der Waals surface area contributed by atoms with E-state index in [1.807, 2.05) is 13.8 Å². The van der Waals surface area contributed by atoms with Crippen molar-refractivity contribution in [2.24, 2.45) is 5.92 Å². The maximum Gasteiger partial charge on any atom is 0.371 e. The first-order valence-corrected chi connectivity index (χ1v) is 7.64. The lowest BCUT2D eigenvalue weighted by molar-refractivity contribution is -0.121. The highest BCUT2D eigenvalue weighted by Gasteiger charge is 2.27. The minimum atomic E-state index is -4.04. The quantitative estimate of drug-likeness (QED) is 0.750. The zero-order chi connectivity index (χ0) is 16.2. The number of nitrogens with one attached hydrogen (secondary N) is 1. The molecular weight excluding hydrogens is 300 g/mol. The number of carboxylic acids is 1. The maximum absolute atomic E-state index is 12.1. The maximum atomic E-state index is 12.1. The Hall–Kier alpha value is -1.87. The van der Waals surface area contributed by atoms with Crippen molar-refractivity contribution < 1.29 is 27.5 Å². The van der Waals surface area contributed by atoms with Crippen LogP contribution < -0.4 is 5.32 Å². The third-order valence-electron chi connectivity index (χ3n) is 2.53. The van der Waals surface area contributed by atoms with Crippen LogP contribution in [0.2, 0.25) is 0 Å². The number of rotatable bonds is 7. The van der Waals surface area contributed by atoms with Crippen molar-refractivity contribution in [2.75, 3.05) is 20.1 Å². The van der Waals surface area contributed by atoms with Crippen molar-refractivity contribution in [3.05, 3.63) is 17.9 Å². The average Bonchev–Trinajstić information content (AvgIpc) is 2.86. The van der Waals surface area contributed by atoms with Crippen LogP contribution in [0.3, 0.4) is 0 Å². The van der Waals surface area contributed by atoms with Crippen LogP contribution in [0, 0.1) is 5.92 Å². The zero-order valence-corrected chi connectivity index (χ0v) is 12.8. The van der Waals surface area contributed by atoms with Gasteiger partial charge >= 0.3 is 5.97 Å². The molecule has 1 amide bonds. The van der Waals surface area contributed by atoms with E-state index in [2.05, 4.69) is 5.32 Å². The van der Waals surface area contributed by atoms with E-state index in [-0.39, 0.29) is 12.5 Å². The number of hydrogen-bond acceptors (Lipinski definition) is 5. The molecule has 0 bridgehead atoms. The predicted octanol–water partition coefficient (Wildman–Crippen LogP) is 0.370. The Bertz CT molecular complexity index is 619. The molecule has 21 heavy (non-hydrogen) atoms. The lowest BCUT2D eigenvalue weighted by Crippen LogP contribution is -2.39. The van der Waals surface area contributed by atoms with Gasteiger partial charge < -0.3 is 14.8 Å². The van der Waals surface area contributed by atoms with Crippen LogP contribution in [0.5, 0.6) is 0 Å². The van der Waals surface area contributed by atoms with Crippen molar-refractivity contribution in [1.29, 1.82) is 0 Å². The highest BCUT2D eigenvalue weighted by Crippen LogP contribution is 2.17. The summed E-state index contributed by atoms with van der Waals surface area (Å²) in [6, 6.07) is 2.09. The van der Waals surface area contributed by atoms with Crippen LogP contribution in [0.4, 0.5) is 0 Å². The van der Waals surface area contributed by atoms with Crippen molar-refractivity contribution >= 4 is 21.9 Å². The number of sulfonamides is 1. The van der Waals surface area contributed by atoms with Gasteiger partial charge in [-0.05, 0) is 18.1 Å². The molecule has 2 N–H and O–H groups in total. The van der Waals surface area contributed by atoms with E-state index in [9.17, 15) is 18.0 Å². The largest absolute Gasteiger partial charge is 0.475 e. The molecule has 0 aromatic carbocycles. The van der Waals surface area contributed by atoms with Gasteiger partial charge in [0.25, 0.3) is 10.0 Å². The molecule has 0 aliphatic heterocycles. The predicted molar refractivity (Wildman–Crippen MR) is 73.3 cm³/mol. The Morgan fingerprint density at radius 2 is 2.00 bits per heavy atom. The fraction of sp³-hybridized carbons (Fsp3) is 0.500. The highest BCUT2D eigenvalue weighted by molar-refractivity contribution is 7.89. The molecule has 1 aromatic rings. The molecule has 0 fully saturated rings. The molecule has 0 atom stereocenters. The second-order valence-electron chi connectivity index (χ2n) is 4.88. The van der Waals surface area contributed by atoms with Gasteiger partial charge in [-0.25, -0.2) is 13.2 Å². The number of carbonyl (C=O) groups excluding carboxylic acids is 1. The van der Waals surface area contributed by atoms with Gasteiger partial charge in [-0.3, -0.25) is 4.79 Å². The normalized spacial score (nSPS) is 11.9. The van der Waals surface area contributed by atoms with Crippen molar-refractivity contribution in [3.63, 3.8) is 0 Å². The Kier molecular flexibility index (Phi) is 5.50. The highest BCUT2D eigenvalue weighted by atomic mass is 32.2. The van der Waals surface area contributed by atoms with Crippen LogP contribution in [-0.4, -0.2) is 49.8 Å². The minimum absolute atomic E-state index is 0.249. The summed E-state index contributed by atoms with van der Waals surface area (Å²) < 4.78 is 29.8. The molecule has 0 radical (unpaired) electrons. The van der Waals surface area contributed by atoms with Gasteiger partial charge in [0.2, 0.25) is 16.8 Å².